The molecule has 0 saturated heterocycles. The summed E-state index contributed by atoms with van der Waals surface area (Å²) in [6.07, 6.45) is 3.25. The first kappa shape index (κ1) is 14.7. The number of aliphatic imine (C=N–C) groups is 1. The molecule has 0 N–H and O–H groups in total. The summed E-state index contributed by atoms with van der Waals surface area (Å²) >= 11 is 0. The molecule has 106 valence electrons. The number of ether oxygens (including phenoxy) is 1. The number of carbonyl (C=O) groups is 1. The minimum atomic E-state index is -0.0691. The van der Waals surface area contributed by atoms with Gasteiger partial charge in [-0.2, -0.15) is 0 Å². The number of carbonyl (C=O) groups excluding carboxylic acids is 1. The molecule has 0 unspecified atom stereocenters. The standard InChI is InChI=1S/C18H17NO2/c1-3-9-17(20)15-12-7-8-13-16(15)19-18(21-2)14-10-5-4-6-11-14/h3-13H,1-2H3/b9-3+,19-18?. The van der Waals surface area contributed by atoms with Crippen molar-refractivity contribution in [3.63, 3.8) is 0 Å². The highest BCUT2D eigenvalue weighted by Crippen LogP contribution is 2.21. The molecule has 3 nitrogen and oxygen atoms in total. The Hall–Kier alpha value is -2.68. The fourth-order valence-corrected chi connectivity index (χ4v) is 1.94. The molecule has 0 saturated carbocycles. The van der Waals surface area contributed by atoms with E-state index in [-0.39, 0.29) is 5.78 Å². The van der Waals surface area contributed by atoms with E-state index in [4.69, 9.17) is 4.74 Å². The number of methoxy groups -OCH3 is 1. The average molecular weight is 279 g/mol. The first-order valence-electron chi connectivity index (χ1n) is 6.70. The number of para-hydroxylation sites is 1. The van der Waals surface area contributed by atoms with Crippen molar-refractivity contribution in [3.05, 3.63) is 77.9 Å². The van der Waals surface area contributed by atoms with E-state index in [1.54, 1.807) is 25.3 Å². The first-order valence-corrected chi connectivity index (χ1v) is 6.70. The lowest BCUT2D eigenvalue weighted by molar-refractivity contribution is 0.104. The lowest BCUT2D eigenvalue weighted by Crippen LogP contribution is -2.04. The zero-order valence-corrected chi connectivity index (χ0v) is 12.1. The second-order valence-corrected chi connectivity index (χ2v) is 4.37. The van der Waals surface area contributed by atoms with Gasteiger partial charge in [-0.15, -0.1) is 0 Å². The van der Waals surface area contributed by atoms with Crippen molar-refractivity contribution in [2.45, 2.75) is 6.92 Å². The van der Waals surface area contributed by atoms with Crippen LogP contribution in [0.4, 0.5) is 5.69 Å². The van der Waals surface area contributed by atoms with E-state index in [0.717, 1.165) is 5.56 Å². The van der Waals surface area contributed by atoms with Crippen molar-refractivity contribution in [1.29, 1.82) is 0 Å². The van der Waals surface area contributed by atoms with Crippen LogP contribution in [-0.4, -0.2) is 18.8 Å². The van der Waals surface area contributed by atoms with Gasteiger partial charge in [-0.3, -0.25) is 4.79 Å². The summed E-state index contributed by atoms with van der Waals surface area (Å²) in [5.41, 5.74) is 2.02. The molecular weight excluding hydrogens is 262 g/mol. The Kier molecular flexibility index (Phi) is 5.04. The van der Waals surface area contributed by atoms with E-state index in [1.165, 1.54) is 6.08 Å². The van der Waals surface area contributed by atoms with Crippen LogP contribution in [0.5, 0.6) is 0 Å². The molecule has 0 bridgehead atoms. The Bertz CT molecular complexity index is 673. The molecule has 0 aromatic heterocycles. The maximum absolute atomic E-state index is 12.1. The van der Waals surface area contributed by atoms with Gasteiger partial charge in [0.25, 0.3) is 0 Å². The fraction of sp³-hybridized carbons (Fsp3) is 0.111. The Morgan fingerprint density at radius 2 is 1.71 bits per heavy atom. The molecule has 0 fully saturated rings. The van der Waals surface area contributed by atoms with Gasteiger partial charge in [0.1, 0.15) is 0 Å². The van der Waals surface area contributed by atoms with Crippen LogP contribution in [0.25, 0.3) is 0 Å². The first-order chi connectivity index (χ1) is 10.3. The number of rotatable bonds is 4. The summed E-state index contributed by atoms with van der Waals surface area (Å²) < 4.78 is 5.36. The lowest BCUT2D eigenvalue weighted by atomic mass is 10.1. The summed E-state index contributed by atoms with van der Waals surface area (Å²) in [7, 11) is 1.57. The second kappa shape index (κ2) is 7.20. The lowest BCUT2D eigenvalue weighted by Gasteiger charge is -2.07. The predicted octanol–water partition coefficient (Wildman–Crippen LogP) is 4.17. The number of nitrogens with zero attached hydrogens (tertiary/aromatic N) is 1. The molecule has 2 rings (SSSR count). The van der Waals surface area contributed by atoms with E-state index >= 15 is 0 Å². The van der Waals surface area contributed by atoms with Gasteiger partial charge in [0.15, 0.2) is 5.78 Å². The summed E-state index contributed by atoms with van der Waals surface area (Å²) in [5, 5.41) is 0. The SMILES string of the molecule is C/C=C/C(=O)c1ccccc1N=C(OC)c1ccccc1. The number of hydrogen-bond donors (Lipinski definition) is 0. The van der Waals surface area contributed by atoms with Crippen molar-refractivity contribution < 1.29 is 9.53 Å². The Morgan fingerprint density at radius 1 is 1.05 bits per heavy atom. The van der Waals surface area contributed by atoms with Crippen LogP contribution in [0.2, 0.25) is 0 Å². The Labute approximate surface area is 124 Å². The summed E-state index contributed by atoms with van der Waals surface area (Å²) in [4.78, 5) is 16.6. The molecule has 0 spiro atoms. The third-order valence-corrected chi connectivity index (χ3v) is 2.92. The maximum atomic E-state index is 12.1. The minimum absolute atomic E-state index is 0.0691. The molecule has 0 aliphatic carbocycles. The topological polar surface area (TPSA) is 38.7 Å². The highest BCUT2D eigenvalue weighted by atomic mass is 16.5. The van der Waals surface area contributed by atoms with E-state index in [0.29, 0.717) is 17.1 Å². The maximum Gasteiger partial charge on any atom is 0.221 e. The van der Waals surface area contributed by atoms with Gasteiger partial charge in [0.05, 0.1) is 12.8 Å². The highest BCUT2D eigenvalue weighted by Gasteiger charge is 2.09. The van der Waals surface area contributed by atoms with Crippen LogP contribution in [0, 0.1) is 0 Å². The normalized spacial score (nSPS) is 11.6. The third-order valence-electron chi connectivity index (χ3n) is 2.92. The molecule has 3 heteroatoms. The Morgan fingerprint density at radius 3 is 2.38 bits per heavy atom. The largest absolute Gasteiger partial charge is 0.481 e. The van der Waals surface area contributed by atoms with Crippen LogP contribution in [0.3, 0.4) is 0 Å². The predicted molar refractivity (Wildman–Crippen MR) is 85.2 cm³/mol. The van der Waals surface area contributed by atoms with Crippen LogP contribution in [0.1, 0.15) is 22.8 Å². The summed E-state index contributed by atoms with van der Waals surface area (Å²) in [5.74, 6) is 0.414. The van der Waals surface area contributed by atoms with Gasteiger partial charge in [-0.05, 0) is 37.3 Å². The third kappa shape index (κ3) is 3.66. The zero-order valence-electron chi connectivity index (χ0n) is 12.1. The monoisotopic (exact) mass is 279 g/mol. The van der Waals surface area contributed by atoms with Gasteiger partial charge in [0, 0.05) is 11.1 Å². The van der Waals surface area contributed by atoms with E-state index in [9.17, 15) is 4.79 Å². The quantitative estimate of drug-likeness (QED) is 0.364. The van der Waals surface area contributed by atoms with Crippen LogP contribution < -0.4 is 0 Å². The molecule has 0 atom stereocenters. The van der Waals surface area contributed by atoms with Crippen molar-refractivity contribution in [2.24, 2.45) is 4.99 Å². The smallest absolute Gasteiger partial charge is 0.221 e. The van der Waals surface area contributed by atoms with Crippen LogP contribution in [-0.2, 0) is 4.74 Å². The van der Waals surface area contributed by atoms with Crippen molar-refractivity contribution in [1.82, 2.24) is 0 Å². The van der Waals surface area contributed by atoms with E-state index in [1.807, 2.05) is 49.4 Å². The number of benzene rings is 2. The molecule has 0 aliphatic rings. The van der Waals surface area contributed by atoms with Gasteiger partial charge in [0.2, 0.25) is 5.90 Å². The highest BCUT2D eigenvalue weighted by molar-refractivity contribution is 6.09. The molecule has 2 aromatic rings. The molecular formula is C18H17NO2. The number of allylic oxidation sites excluding steroid dienone is 2. The van der Waals surface area contributed by atoms with E-state index in [2.05, 4.69) is 4.99 Å². The molecule has 0 heterocycles. The summed E-state index contributed by atoms with van der Waals surface area (Å²) in [6, 6.07) is 16.8. The number of ketones is 1. The van der Waals surface area contributed by atoms with Crippen molar-refractivity contribution in [2.75, 3.05) is 7.11 Å². The van der Waals surface area contributed by atoms with Crippen LogP contribution >= 0.6 is 0 Å². The Balaban J connectivity index is 2.46. The average Bonchev–Trinajstić information content (AvgIpc) is 2.54. The van der Waals surface area contributed by atoms with Gasteiger partial charge >= 0.3 is 0 Å². The molecule has 0 radical (unpaired) electrons. The van der Waals surface area contributed by atoms with E-state index < -0.39 is 0 Å². The zero-order chi connectivity index (χ0) is 15.1. The molecule has 0 aliphatic heterocycles. The number of hydrogen-bond acceptors (Lipinski definition) is 3. The van der Waals surface area contributed by atoms with Crippen LogP contribution in [0.15, 0.2) is 71.7 Å². The van der Waals surface area contributed by atoms with Crippen molar-refractivity contribution in [3.8, 4) is 0 Å². The molecule has 2 aromatic carbocycles. The summed E-state index contributed by atoms with van der Waals surface area (Å²) in [6.45, 7) is 1.81. The second-order valence-electron chi connectivity index (χ2n) is 4.37. The van der Waals surface area contributed by atoms with Gasteiger partial charge in [-0.1, -0.05) is 36.4 Å². The molecule has 21 heavy (non-hydrogen) atoms. The molecule has 0 amide bonds. The fourth-order valence-electron chi connectivity index (χ4n) is 1.94. The van der Waals surface area contributed by atoms with Gasteiger partial charge < -0.3 is 4.74 Å². The van der Waals surface area contributed by atoms with Gasteiger partial charge in [-0.25, -0.2) is 4.99 Å². The van der Waals surface area contributed by atoms with Crippen molar-refractivity contribution >= 4 is 17.4 Å². The minimum Gasteiger partial charge on any atom is -0.481 e.